The van der Waals surface area contributed by atoms with Crippen molar-refractivity contribution in [3.05, 3.63) is 35.9 Å². The van der Waals surface area contributed by atoms with Gasteiger partial charge < -0.3 is 19.7 Å². The van der Waals surface area contributed by atoms with E-state index in [2.05, 4.69) is 5.32 Å². The molecule has 1 aliphatic heterocycles. The first kappa shape index (κ1) is 19.9. The van der Waals surface area contributed by atoms with E-state index >= 15 is 0 Å². The van der Waals surface area contributed by atoms with Gasteiger partial charge in [0.2, 0.25) is 6.43 Å². The van der Waals surface area contributed by atoms with Crippen molar-refractivity contribution in [2.75, 3.05) is 13.1 Å². The number of ether oxygens (including phenoxy) is 2. The van der Waals surface area contributed by atoms with Crippen LogP contribution >= 0.6 is 0 Å². The summed E-state index contributed by atoms with van der Waals surface area (Å²) in [5.74, 6) is -1.17. The van der Waals surface area contributed by atoms with E-state index < -0.39 is 36.2 Å². The van der Waals surface area contributed by atoms with E-state index in [1.807, 2.05) is 6.07 Å². The predicted molar refractivity (Wildman–Crippen MR) is 90.9 cm³/mol. The molecule has 2 atom stereocenters. The van der Waals surface area contributed by atoms with Gasteiger partial charge in [-0.1, -0.05) is 30.3 Å². The summed E-state index contributed by atoms with van der Waals surface area (Å²) in [7, 11) is 0. The molecule has 0 aliphatic carbocycles. The lowest BCUT2D eigenvalue weighted by atomic mass is 10.1. The van der Waals surface area contributed by atoms with Gasteiger partial charge in [0.25, 0.3) is 0 Å². The Balaban J connectivity index is 1.91. The van der Waals surface area contributed by atoms with Gasteiger partial charge in [-0.2, -0.15) is 0 Å². The van der Waals surface area contributed by atoms with Gasteiger partial charge >= 0.3 is 12.2 Å². The first-order valence-electron chi connectivity index (χ1n) is 8.39. The SMILES string of the molecule is CC(C)(C)OC(=O)N1C[C@H](NC(=O)OCc2ccccc2)[C@@H](C(F)F)C1. The van der Waals surface area contributed by atoms with E-state index in [0.717, 1.165) is 5.56 Å². The van der Waals surface area contributed by atoms with Crippen LogP contribution in [-0.2, 0) is 16.1 Å². The van der Waals surface area contributed by atoms with Gasteiger partial charge in [0, 0.05) is 13.1 Å². The minimum absolute atomic E-state index is 0.0362. The summed E-state index contributed by atoms with van der Waals surface area (Å²) in [6.07, 6.45) is -4.15. The molecule has 0 saturated carbocycles. The number of nitrogens with zero attached hydrogens (tertiary/aromatic N) is 1. The Morgan fingerprint density at radius 1 is 1.23 bits per heavy atom. The second-order valence-electron chi connectivity index (χ2n) is 7.20. The van der Waals surface area contributed by atoms with Crippen molar-refractivity contribution in [3.63, 3.8) is 0 Å². The first-order valence-corrected chi connectivity index (χ1v) is 8.39. The van der Waals surface area contributed by atoms with E-state index in [9.17, 15) is 18.4 Å². The van der Waals surface area contributed by atoms with Crippen LogP contribution in [0.25, 0.3) is 0 Å². The Morgan fingerprint density at radius 3 is 2.46 bits per heavy atom. The minimum atomic E-state index is -2.68. The molecule has 0 bridgehead atoms. The number of hydrogen-bond donors (Lipinski definition) is 1. The zero-order valence-corrected chi connectivity index (χ0v) is 15.1. The van der Waals surface area contributed by atoms with E-state index in [0.29, 0.717) is 0 Å². The Bertz CT molecular complexity index is 619. The highest BCUT2D eigenvalue weighted by atomic mass is 19.3. The van der Waals surface area contributed by atoms with Crippen LogP contribution in [0.5, 0.6) is 0 Å². The maximum absolute atomic E-state index is 13.3. The van der Waals surface area contributed by atoms with Gasteiger partial charge in [-0.15, -0.1) is 0 Å². The van der Waals surface area contributed by atoms with Gasteiger partial charge in [0.15, 0.2) is 0 Å². The quantitative estimate of drug-likeness (QED) is 0.882. The molecule has 1 saturated heterocycles. The second kappa shape index (κ2) is 8.33. The van der Waals surface area contributed by atoms with Gasteiger partial charge in [-0.05, 0) is 26.3 Å². The van der Waals surface area contributed by atoms with Crippen LogP contribution in [0, 0.1) is 5.92 Å². The van der Waals surface area contributed by atoms with Crippen LogP contribution in [0.15, 0.2) is 30.3 Å². The standard InChI is InChI=1S/C18H24F2N2O4/c1-18(2,3)26-17(24)22-9-13(15(19)20)14(10-22)21-16(23)25-11-12-7-5-4-6-8-12/h4-8,13-15H,9-11H2,1-3H3,(H,21,23)/t13-,14-/m0/s1. The molecule has 8 heteroatoms. The average molecular weight is 370 g/mol. The van der Waals surface area contributed by atoms with Gasteiger partial charge in [-0.25, -0.2) is 18.4 Å². The van der Waals surface area contributed by atoms with Crippen molar-refractivity contribution in [2.24, 2.45) is 5.92 Å². The number of hydrogen-bond acceptors (Lipinski definition) is 4. The van der Waals surface area contributed by atoms with Crippen molar-refractivity contribution >= 4 is 12.2 Å². The Kier molecular flexibility index (Phi) is 6.39. The highest BCUT2D eigenvalue weighted by Crippen LogP contribution is 2.25. The largest absolute Gasteiger partial charge is 0.445 e. The molecule has 26 heavy (non-hydrogen) atoms. The highest BCUT2D eigenvalue weighted by Gasteiger charge is 2.42. The molecule has 1 fully saturated rings. The lowest BCUT2D eigenvalue weighted by Crippen LogP contribution is -2.43. The number of carbonyl (C=O) groups excluding carboxylic acids is 2. The molecule has 0 spiro atoms. The third-order valence-electron chi connectivity index (χ3n) is 3.86. The number of carbonyl (C=O) groups is 2. The second-order valence-corrected chi connectivity index (χ2v) is 7.20. The number of benzene rings is 1. The van der Waals surface area contributed by atoms with Crippen molar-refractivity contribution in [1.82, 2.24) is 10.2 Å². The maximum Gasteiger partial charge on any atom is 0.410 e. The lowest BCUT2D eigenvalue weighted by molar-refractivity contribution is 0.0254. The molecule has 1 heterocycles. The summed E-state index contributed by atoms with van der Waals surface area (Å²) in [6.45, 7) is 4.89. The molecule has 144 valence electrons. The number of nitrogens with one attached hydrogen (secondary N) is 1. The summed E-state index contributed by atoms with van der Waals surface area (Å²) in [4.78, 5) is 25.2. The molecule has 2 amide bonds. The molecule has 1 N–H and O–H groups in total. The fraction of sp³-hybridized carbons (Fsp3) is 0.556. The van der Waals surface area contributed by atoms with Crippen molar-refractivity contribution in [2.45, 2.75) is 45.4 Å². The summed E-state index contributed by atoms with van der Waals surface area (Å²) in [5.41, 5.74) is 0.0622. The molecular weight excluding hydrogens is 346 g/mol. The third kappa shape index (κ3) is 5.86. The van der Waals surface area contributed by atoms with Crippen LogP contribution in [0.4, 0.5) is 18.4 Å². The molecule has 1 aliphatic rings. The van der Waals surface area contributed by atoms with Crippen LogP contribution in [-0.4, -0.2) is 48.2 Å². The van der Waals surface area contributed by atoms with Crippen LogP contribution in [0.3, 0.4) is 0 Å². The van der Waals surface area contributed by atoms with Crippen LogP contribution in [0.1, 0.15) is 26.3 Å². The number of rotatable bonds is 4. The number of likely N-dealkylation sites (tertiary alicyclic amines) is 1. The van der Waals surface area contributed by atoms with Gasteiger partial charge in [-0.3, -0.25) is 0 Å². The van der Waals surface area contributed by atoms with E-state index in [1.165, 1.54) is 4.90 Å². The van der Waals surface area contributed by atoms with E-state index in [1.54, 1.807) is 45.0 Å². The predicted octanol–water partition coefficient (Wildman–Crippen LogP) is 3.41. The lowest BCUT2D eigenvalue weighted by Gasteiger charge is -2.24. The monoisotopic (exact) mass is 370 g/mol. The summed E-state index contributed by atoms with van der Waals surface area (Å²) in [5, 5.41) is 2.44. The smallest absolute Gasteiger partial charge is 0.410 e. The number of amides is 2. The number of alkyl halides is 2. The normalized spacial score (nSPS) is 20.2. The summed E-state index contributed by atoms with van der Waals surface area (Å²) < 4.78 is 36.9. The molecule has 1 aromatic carbocycles. The first-order chi connectivity index (χ1) is 12.2. The number of alkyl carbamates (subject to hydrolysis) is 1. The van der Waals surface area contributed by atoms with Gasteiger partial charge in [0.1, 0.15) is 12.2 Å². The fourth-order valence-electron chi connectivity index (χ4n) is 2.63. The molecule has 0 aromatic heterocycles. The third-order valence-corrected chi connectivity index (χ3v) is 3.86. The maximum atomic E-state index is 13.3. The van der Waals surface area contributed by atoms with Crippen molar-refractivity contribution < 1.29 is 27.8 Å². The van der Waals surface area contributed by atoms with Crippen molar-refractivity contribution in [1.29, 1.82) is 0 Å². The topological polar surface area (TPSA) is 67.9 Å². The van der Waals surface area contributed by atoms with Crippen LogP contribution in [0.2, 0.25) is 0 Å². The van der Waals surface area contributed by atoms with Crippen LogP contribution < -0.4 is 5.32 Å². The fourth-order valence-corrected chi connectivity index (χ4v) is 2.63. The molecule has 0 unspecified atom stereocenters. The zero-order chi connectivity index (χ0) is 19.3. The molecule has 2 rings (SSSR count). The van der Waals surface area contributed by atoms with Gasteiger partial charge in [0.05, 0.1) is 12.0 Å². The van der Waals surface area contributed by atoms with Crippen molar-refractivity contribution in [3.8, 4) is 0 Å². The number of halogens is 2. The zero-order valence-electron chi connectivity index (χ0n) is 15.1. The van der Waals surface area contributed by atoms with E-state index in [4.69, 9.17) is 9.47 Å². The molecule has 0 radical (unpaired) electrons. The van der Waals surface area contributed by atoms with E-state index in [-0.39, 0.29) is 19.7 Å². The molecule has 6 nitrogen and oxygen atoms in total. The summed E-state index contributed by atoms with van der Waals surface area (Å²) in [6, 6.07) is 8.12. The average Bonchev–Trinajstić information content (AvgIpc) is 2.96. The molecule has 1 aromatic rings. The Hall–Kier alpha value is -2.38. The minimum Gasteiger partial charge on any atom is -0.445 e. The summed E-state index contributed by atoms with van der Waals surface area (Å²) >= 11 is 0. The Labute approximate surface area is 151 Å². The Morgan fingerprint density at radius 2 is 1.88 bits per heavy atom. The highest BCUT2D eigenvalue weighted by molar-refractivity contribution is 5.70. The molecular formula is C18H24F2N2O4.